The van der Waals surface area contributed by atoms with Gasteiger partial charge in [0.2, 0.25) is 0 Å². The van der Waals surface area contributed by atoms with Crippen molar-refractivity contribution in [3.63, 3.8) is 0 Å². The fraction of sp³-hybridized carbons (Fsp3) is 0. The van der Waals surface area contributed by atoms with E-state index in [1.807, 2.05) is 0 Å². The van der Waals surface area contributed by atoms with Crippen LogP contribution in [0.2, 0.25) is 0 Å². The van der Waals surface area contributed by atoms with Gasteiger partial charge in [0.1, 0.15) is 11.5 Å². The van der Waals surface area contributed by atoms with Crippen molar-refractivity contribution in [2.75, 3.05) is 0 Å². The Hall–Kier alpha value is -1.86. The van der Waals surface area contributed by atoms with Crippen LogP contribution in [-0.4, -0.2) is 22.3 Å². The molecule has 0 saturated carbocycles. The second-order valence-corrected chi connectivity index (χ2v) is 5.75. The van der Waals surface area contributed by atoms with Crippen LogP contribution in [0.25, 0.3) is 0 Å². The lowest BCUT2D eigenvalue weighted by atomic mass is 10.2. The third-order valence-electron chi connectivity index (χ3n) is 2.58. The largest absolute Gasteiger partial charge is 0.507 e. The first-order valence-electron chi connectivity index (χ1n) is 5.78. The van der Waals surface area contributed by atoms with Gasteiger partial charge in [-0.25, -0.2) is 5.43 Å². The minimum Gasteiger partial charge on any atom is -0.507 e. The van der Waals surface area contributed by atoms with E-state index in [0.717, 1.165) is 0 Å². The normalized spacial score (nSPS) is 10.8. The predicted molar refractivity (Wildman–Crippen MR) is 86.7 cm³/mol. The van der Waals surface area contributed by atoms with Gasteiger partial charge in [-0.1, -0.05) is 28.1 Å². The molecule has 0 spiro atoms. The van der Waals surface area contributed by atoms with E-state index in [1.54, 1.807) is 18.2 Å². The molecular formula is C14H10Br2N2O3. The number of rotatable bonds is 3. The number of aromatic hydroxyl groups is 2. The summed E-state index contributed by atoms with van der Waals surface area (Å²) >= 11 is 6.51. The molecule has 0 saturated heterocycles. The zero-order chi connectivity index (χ0) is 15.4. The molecule has 1 amide bonds. The van der Waals surface area contributed by atoms with Gasteiger partial charge < -0.3 is 10.2 Å². The lowest BCUT2D eigenvalue weighted by molar-refractivity contribution is 0.0952. The Morgan fingerprint density at radius 1 is 1.10 bits per heavy atom. The van der Waals surface area contributed by atoms with Crippen molar-refractivity contribution in [1.29, 1.82) is 0 Å². The molecule has 0 fully saturated rings. The number of para-hydroxylation sites is 1. The van der Waals surface area contributed by atoms with Crippen molar-refractivity contribution >= 4 is 44.0 Å². The second kappa shape index (κ2) is 6.73. The Morgan fingerprint density at radius 2 is 1.81 bits per heavy atom. The van der Waals surface area contributed by atoms with Crippen LogP contribution in [0, 0.1) is 0 Å². The Bertz CT molecular complexity index is 717. The van der Waals surface area contributed by atoms with Crippen LogP contribution in [0.3, 0.4) is 0 Å². The third-order valence-corrected chi connectivity index (χ3v) is 3.91. The van der Waals surface area contributed by atoms with Crippen molar-refractivity contribution in [2.45, 2.75) is 0 Å². The summed E-state index contributed by atoms with van der Waals surface area (Å²) in [5.74, 6) is -0.582. The summed E-state index contributed by atoms with van der Waals surface area (Å²) in [6, 6.07) is 9.33. The molecule has 3 N–H and O–H groups in total. The molecule has 0 radical (unpaired) electrons. The summed E-state index contributed by atoms with van der Waals surface area (Å²) in [6.45, 7) is 0. The fourth-order valence-electron chi connectivity index (χ4n) is 1.54. The van der Waals surface area contributed by atoms with E-state index in [0.29, 0.717) is 14.5 Å². The Morgan fingerprint density at radius 3 is 2.52 bits per heavy atom. The number of nitrogens with zero attached hydrogens (tertiary/aromatic N) is 1. The van der Waals surface area contributed by atoms with E-state index in [9.17, 15) is 15.0 Å². The van der Waals surface area contributed by atoms with Crippen LogP contribution in [0.5, 0.6) is 11.5 Å². The molecule has 0 aromatic heterocycles. The van der Waals surface area contributed by atoms with E-state index in [2.05, 4.69) is 42.4 Å². The van der Waals surface area contributed by atoms with Gasteiger partial charge in [-0.3, -0.25) is 4.79 Å². The number of halogens is 2. The maximum atomic E-state index is 11.8. The van der Waals surface area contributed by atoms with Crippen LogP contribution in [0.4, 0.5) is 0 Å². The smallest absolute Gasteiger partial charge is 0.275 e. The summed E-state index contributed by atoms with van der Waals surface area (Å²) in [7, 11) is 0. The van der Waals surface area contributed by atoms with Gasteiger partial charge in [0.25, 0.3) is 5.91 Å². The maximum absolute atomic E-state index is 11.8. The molecule has 2 rings (SSSR count). The lowest BCUT2D eigenvalue weighted by Gasteiger charge is -2.03. The van der Waals surface area contributed by atoms with Crippen molar-refractivity contribution in [3.05, 3.63) is 56.5 Å². The summed E-state index contributed by atoms with van der Waals surface area (Å²) in [4.78, 5) is 11.8. The van der Waals surface area contributed by atoms with E-state index >= 15 is 0 Å². The van der Waals surface area contributed by atoms with Gasteiger partial charge in [-0.05, 0) is 40.2 Å². The fourth-order valence-corrected chi connectivity index (χ4v) is 2.64. The number of carbonyl (C=O) groups is 1. The minimum atomic E-state index is -0.526. The molecule has 0 heterocycles. The average molecular weight is 414 g/mol. The number of phenolic OH excluding ortho intramolecular Hbond substituents is 2. The van der Waals surface area contributed by atoms with Gasteiger partial charge in [-0.2, -0.15) is 5.10 Å². The quantitative estimate of drug-likeness (QED) is 0.532. The summed E-state index contributed by atoms with van der Waals surface area (Å²) in [6.07, 6.45) is 1.38. The van der Waals surface area contributed by atoms with E-state index in [1.165, 1.54) is 24.4 Å². The summed E-state index contributed by atoms with van der Waals surface area (Å²) < 4.78 is 1.25. The van der Waals surface area contributed by atoms with Crippen molar-refractivity contribution in [1.82, 2.24) is 5.43 Å². The maximum Gasteiger partial charge on any atom is 0.275 e. The number of benzene rings is 2. The first-order chi connectivity index (χ1) is 9.99. The molecule has 0 bridgehead atoms. The van der Waals surface area contributed by atoms with E-state index in [4.69, 9.17) is 0 Å². The molecular weight excluding hydrogens is 404 g/mol. The molecule has 5 nitrogen and oxygen atoms in total. The highest BCUT2D eigenvalue weighted by molar-refractivity contribution is 9.11. The van der Waals surface area contributed by atoms with Gasteiger partial charge in [0.15, 0.2) is 0 Å². The Labute approximate surface area is 137 Å². The zero-order valence-electron chi connectivity index (χ0n) is 10.5. The SMILES string of the molecule is O=C(N/N=C\c1cc(O)c(Br)cc1Br)c1ccccc1O. The predicted octanol–water partition coefficient (Wildman–Crippen LogP) is 3.39. The van der Waals surface area contributed by atoms with Crippen LogP contribution in [0.15, 0.2) is 50.4 Å². The van der Waals surface area contributed by atoms with Gasteiger partial charge in [0, 0.05) is 10.0 Å². The van der Waals surface area contributed by atoms with Crippen molar-refractivity contribution < 1.29 is 15.0 Å². The first-order valence-corrected chi connectivity index (χ1v) is 7.37. The Balaban J connectivity index is 2.11. The molecule has 0 aliphatic rings. The van der Waals surface area contributed by atoms with Gasteiger partial charge >= 0.3 is 0 Å². The molecule has 108 valence electrons. The highest BCUT2D eigenvalue weighted by atomic mass is 79.9. The van der Waals surface area contributed by atoms with Crippen LogP contribution in [-0.2, 0) is 0 Å². The van der Waals surface area contributed by atoms with Crippen LogP contribution >= 0.6 is 31.9 Å². The number of carbonyl (C=O) groups excluding carboxylic acids is 1. The molecule has 0 aliphatic heterocycles. The number of phenols is 2. The summed E-state index contributed by atoms with van der Waals surface area (Å²) in [5, 5.41) is 22.9. The molecule has 21 heavy (non-hydrogen) atoms. The zero-order valence-corrected chi connectivity index (χ0v) is 13.7. The molecule has 0 unspecified atom stereocenters. The Kier molecular flexibility index (Phi) is 4.98. The van der Waals surface area contributed by atoms with Gasteiger partial charge in [-0.15, -0.1) is 0 Å². The number of nitrogens with one attached hydrogen (secondary N) is 1. The second-order valence-electron chi connectivity index (χ2n) is 4.04. The summed E-state index contributed by atoms with van der Waals surface area (Å²) in [5.41, 5.74) is 3.03. The average Bonchev–Trinajstić information content (AvgIpc) is 2.44. The number of hydrogen-bond donors (Lipinski definition) is 3. The highest BCUT2D eigenvalue weighted by Crippen LogP contribution is 2.29. The molecule has 0 aliphatic carbocycles. The third kappa shape index (κ3) is 3.83. The van der Waals surface area contributed by atoms with Crippen LogP contribution < -0.4 is 5.43 Å². The molecule has 7 heteroatoms. The lowest BCUT2D eigenvalue weighted by Crippen LogP contribution is -2.17. The van der Waals surface area contributed by atoms with E-state index in [-0.39, 0.29) is 17.1 Å². The number of amides is 1. The monoisotopic (exact) mass is 412 g/mol. The molecule has 0 atom stereocenters. The minimum absolute atomic E-state index is 0.0617. The van der Waals surface area contributed by atoms with Gasteiger partial charge in [0.05, 0.1) is 16.3 Å². The van der Waals surface area contributed by atoms with E-state index < -0.39 is 5.91 Å². The standard InChI is InChI=1S/C14H10Br2N2O3/c15-10-6-11(16)13(20)5-8(10)7-17-18-14(21)9-3-1-2-4-12(9)19/h1-7,19-20H,(H,18,21)/b17-7-. The molecule has 2 aromatic carbocycles. The van der Waals surface area contributed by atoms with Crippen LogP contribution in [0.1, 0.15) is 15.9 Å². The topological polar surface area (TPSA) is 81.9 Å². The highest BCUT2D eigenvalue weighted by Gasteiger charge is 2.09. The number of hydrazone groups is 1. The first kappa shape index (κ1) is 15.5. The number of hydrogen-bond acceptors (Lipinski definition) is 4. The molecule has 2 aromatic rings. The van der Waals surface area contributed by atoms with Crippen molar-refractivity contribution in [3.8, 4) is 11.5 Å². The van der Waals surface area contributed by atoms with Crippen molar-refractivity contribution in [2.24, 2.45) is 5.10 Å².